The molecule has 0 radical (unpaired) electrons. The van der Waals surface area contributed by atoms with E-state index in [4.69, 9.17) is 14.6 Å². The summed E-state index contributed by atoms with van der Waals surface area (Å²) in [6, 6.07) is 0. The van der Waals surface area contributed by atoms with Gasteiger partial charge in [0.15, 0.2) is 12.2 Å². The largest absolute Gasteiger partial charge is 0.493 e. The first-order chi connectivity index (χ1) is 6.15. The van der Waals surface area contributed by atoms with Crippen LogP contribution >= 0.6 is 0 Å². The van der Waals surface area contributed by atoms with E-state index in [1.165, 1.54) is 19.3 Å². The molecule has 3 atom stereocenters. The van der Waals surface area contributed by atoms with Gasteiger partial charge in [-0.3, -0.25) is 4.79 Å². The fourth-order valence-electron chi connectivity index (χ4n) is 1.08. The van der Waals surface area contributed by atoms with Gasteiger partial charge < -0.3 is 19.7 Å². The lowest BCUT2D eigenvalue weighted by molar-refractivity contribution is -0.156. The third-order valence-electron chi connectivity index (χ3n) is 1.72. The van der Waals surface area contributed by atoms with Gasteiger partial charge in [0.05, 0.1) is 12.9 Å². The van der Waals surface area contributed by atoms with E-state index in [-0.39, 0.29) is 6.61 Å². The van der Waals surface area contributed by atoms with Crippen LogP contribution in [0.5, 0.6) is 0 Å². The third kappa shape index (κ3) is 2.43. The van der Waals surface area contributed by atoms with Crippen molar-refractivity contribution < 1.29 is 24.5 Å². The Bertz CT molecular complexity index is 213. The summed E-state index contributed by atoms with van der Waals surface area (Å²) < 4.78 is 9.65. The summed E-state index contributed by atoms with van der Waals surface area (Å²) in [7, 11) is 0. The van der Waals surface area contributed by atoms with Crippen molar-refractivity contribution in [3.05, 3.63) is 12.3 Å². The number of hydrogen-bond acceptors (Lipinski definition) is 5. The van der Waals surface area contributed by atoms with Crippen molar-refractivity contribution in [1.82, 2.24) is 0 Å². The Kier molecular flexibility index (Phi) is 3.27. The summed E-state index contributed by atoms with van der Waals surface area (Å²) in [4.78, 5) is 10.6. The summed E-state index contributed by atoms with van der Waals surface area (Å²) in [6.07, 6.45) is 0.260. The number of carbonyl (C=O) groups is 1. The zero-order valence-corrected chi connectivity index (χ0v) is 7.21. The first-order valence-corrected chi connectivity index (χ1v) is 3.93. The van der Waals surface area contributed by atoms with E-state index in [2.05, 4.69) is 0 Å². The predicted molar refractivity (Wildman–Crippen MR) is 42.7 cm³/mol. The Hall–Kier alpha value is -1.07. The Morgan fingerprint density at radius 1 is 1.69 bits per heavy atom. The van der Waals surface area contributed by atoms with Gasteiger partial charge in [0.25, 0.3) is 0 Å². The molecule has 0 aliphatic carbocycles. The van der Waals surface area contributed by atoms with Crippen molar-refractivity contribution in [3.63, 3.8) is 0 Å². The first kappa shape index (κ1) is 10.0. The van der Waals surface area contributed by atoms with E-state index in [9.17, 15) is 9.90 Å². The maximum atomic E-state index is 10.6. The molecule has 74 valence electrons. The Morgan fingerprint density at radius 2 is 2.38 bits per heavy atom. The average Bonchev–Trinajstić information content (AvgIpc) is 2.08. The van der Waals surface area contributed by atoms with Crippen molar-refractivity contribution in [2.75, 3.05) is 6.61 Å². The molecule has 0 saturated carbocycles. The highest BCUT2D eigenvalue weighted by Gasteiger charge is 2.31. The van der Waals surface area contributed by atoms with Gasteiger partial charge in [0.1, 0.15) is 6.10 Å². The van der Waals surface area contributed by atoms with Crippen molar-refractivity contribution in [2.24, 2.45) is 0 Å². The van der Waals surface area contributed by atoms with Crippen LogP contribution in [0.3, 0.4) is 0 Å². The molecule has 1 aliphatic heterocycles. The van der Waals surface area contributed by atoms with Crippen LogP contribution in [-0.2, 0) is 14.3 Å². The number of rotatable bonds is 2. The molecule has 0 aromatic rings. The van der Waals surface area contributed by atoms with Gasteiger partial charge in [-0.2, -0.15) is 0 Å². The van der Waals surface area contributed by atoms with E-state index in [1.807, 2.05) is 0 Å². The minimum atomic E-state index is -1.01. The minimum Gasteiger partial charge on any atom is -0.493 e. The Balaban J connectivity index is 2.59. The lowest BCUT2D eigenvalue weighted by Gasteiger charge is -2.29. The van der Waals surface area contributed by atoms with Gasteiger partial charge in [-0.05, 0) is 6.08 Å². The molecule has 5 nitrogen and oxygen atoms in total. The van der Waals surface area contributed by atoms with Crippen LogP contribution in [0.15, 0.2) is 12.3 Å². The van der Waals surface area contributed by atoms with Crippen LogP contribution in [0.4, 0.5) is 0 Å². The fourth-order valence-corrected chi connectivity index (χ4v) is 1.08. The molecule has 1 rings (SSSR count). The summed E-state index contributed by atoms with van der Waals surface area (Å²) in [5.74, 6) is -0.479. The number of esters is 1. The van der Waals surface area contributed by atoms with Crippen molar-refractivity contribution in [2.45, 2.75) is 25.2 Å². The molecule has 0 unspecified atom stereocenters. The van der Waals surface area contributed by atoms with Crippen LogP contribution < -0.4 is 0 Å². The van der Waals surface area contributed by atoms with Crippen LogP contribution in [0, 0.1) is 0 Å². The second-order valence-corrected chi connectivity index (χ2v) is 2.75. The van der Waals surface area contributed by atoms with E-state index >= 15 is 0 Å². The minimum absolute atomic E-state index is 0.316. The van der Waals surface area contributed by atoms with E-state index < -0.39 is 24.3 Å². The molecule has 0 spiro atoms. The van der Waals surface area contributed by atoms with Gasteiger partial charge in [0.2, 0.25) is 0 Å². The van der Waals surface area contributed by atoms with Gasteiger partial charge in [-0.1, -0.05) is 0 Å². The standard InChI is InChI=1S/C8H12O5/c1-5(10)13-6-2-3-12-7(4-9)8(6)11/h2-3,6-9,11H,4H2,1H3/t6-,7-,8+/m0/s1. The maximum absolute atomic E-state index is 10.6. The smallest absolute Gasteiger partial charge is 0.303 e. The summed E-state index contributed by atoms with van der Waals surface area (Å²) in [5.41, 5.74) is 0. The van der Waals surface area contributed by atoms with Crippen LogP contribution in [-0.4, -0.2) is 41.1 Å². The molecule has 1 aliphatic rings. The molecule has 0 amide bonds. The normalized spacial score (nSPS) is 32.4. The molecule has 0 bridgehead atoms. The molecule has 0 aromatic heterocycles. The lowest BCUT2D eigenvalue weighted by atomic mass is 10.1. The van der Waals surface area contributed by atoms with Crippen LogP contribution in [0.25, 0.3) is 0 Å². The third-order valence-corrected chi connectivity index (χ3v) is 1.72. The van der Waals surface area contributed by atoms with Gasteiger partial charge in [-0.15, -0.1) is 0 Å². The average molecular weight is 188 g/mol. The molecule has 2 N–H and O–H groups in total. The summed E-state index contributed by atoms with van der Waals surface area (Å²) >= 11 is 0. The lowest BCUT2D eigenvalue weighted by Crippen LogP contribution is -2.44. The first-order valence-electron chi connectivity index (χ1n) is 3.93. The van der Waals surface area contributed by atoms with E-state index in [1.54, 1.807) is 0 Å². The monoisotopic (exact) mass is 188 g/mol. The molecule has 0 saturated heterocycles. The topological polar surface area (TPSA) is 76.0 Å². The summed E-state index contributed by atoms with van der Waals surface area (Å²) in [6.45, 7) is 0.938. The highest BCUT2D eigenvalue weighted by molar-refractivity contribution is 5.66. The van der Waals surface area contributed by atoms with Crippen molar-refractivity contribution in [1.29, 1.82) is 0 Å². The number of aliphatic hydroxyl groups is 2. The summed E-state index contributed by atoms with van der Waals surface area (Å²) in [5, 5.41) is 18.2. The van der Waals surface area contributed by atoms with Crippen molar-refractivity contribution >= 4 is 5.97 Å². The number of ether oxygens (including phenoxy) is 2. The number of aliphatic hydroxyl groups excluding tert-OH is 2. The molecular weight excluding hydrogens is 176 g/mol. The predicted octanol–water partition coefficient (Wildman–Crippen LogP) is -0.816. The molecule has 13 heavy (non-hydrogen) atoms. The SMILES string of the molecule is CC(=O)O[C@H]1C=CO[C@@H](CO)[C@@H]1O. The van der Waals surface area contributed by atoms with Gasteiger partial charge in [-0.25, -0.2) is 0 Å². The van der Waals surface area contributed by atoms with E-state index in [0.717, 1.165) is 0 Å². The van der Waals surface area contributed by atoms with Crippen LogP contribution in [0.2, 0.25) is 0 Å². The number of carbonyl (C=O) groups excluding carboxylic acids is 1. The van der Waals surface area contributed by atoms with E-state index in [0.29, 0.717) is 0 Å². The molecule has 0 fully saturated rings. The van der Waals surface area contributed by atoms with Gasteiger partial charge in [0, 0.05) is 6.92 Å². The van der Waals surface area contributed by atoms with Crippen molar-refractivity contribution in [3.8, 4) is 0 Å². The Morgan fingerprint density at radius 3 is 2.92 bits per heavy atom. The quantitative estimate of drug-likeness (QED) is 0.554. The highest BCUT2D eigenvalue weighted by Crippen LogP contribution is 2.14. The second-order valence-electron chi connectivity index (χ2n) is 2.75. The molecular formula is C8H12O5. The molecule has 1 heterocycles. The zero-order valence-electron chi connectivity index (χ0n) is 7.21. The highest BCUT2D eigenvalue weighted by atomic mass is 16.6. The fraction of sp³-hybridized carbons (Fsp3) is 0.625. The Labute approximate surface area is 75.6 Å². The zero-order chi connectivity index (χ0) is 9.84. The maximum Gasteiger partial charge on any atom is 0.303 e. The number of hydrogen-bond donors (Lipinski definition) is 2. The second kappa shape index (κ2) is 4.25. The molecule has 5 heteroatoms. The van der Waals surface area contributed by atoms with Crippen LogP contribution in [0.1, 0.15) is 6.92 Å². The van der Waals surface area contributed by atoms with Gasteiger partial charge >= 0.3 is 5.97 Å². The molecule has 0 aromatic carbocycles.